The molecule has 0 amide bonds. The van der Waals surface area contributed by atoms with Crippen molar-refractivity contribution in [3.63, 3.8) is 0 Å². The van der Waals surface area contributed by atoms with Crippen LogP contribution in [0.4, 0.5) is 5.69 Å². The maximum absolute atomic E-state index is 11.3. The summed E-state index contributed by atoms with van der Waals surface area (Å²) in [5.41, 5.74) is 0.931. The van der Waals surface area contributed by atoms with Crippen molar-refractivity contribution in [1.82, 2.24) is 9.97 Å². The smallest absolute Gasteiger partial charge is 0.336 e. The highest BCUT2D eigenvalue weighted by Crippen LogP contribution is 2.42. The predicted molar refractivity (Wildman–Crippen MR) is 71.8 cm³/mol. The van der Waals surface area contributed by atoms with E-state index in [9.17, 15) is 10.1 Å². The number of H-pyrrole nitrogens is 1. The maximum atomic E-state index is 11.3. The van der Waals surface area contributed by atoms with Crippen LogP contribution in [-0.4, -0.2) is 22.0 Å². The molecule has 0 bridgehead atoms. The number of hydrogen-bond donors (Lipinski definition) is 1. The van der Waals surface area contributed by atoms with Gasteiger partial charge in [-0.1, -0.05) is 11.6 Å². The minimum absolute atomic E-state index is 0.0543. The number of rotatable bonds is 2. The summed E-state index contributed by atoms with van der Waals surface area (Å²) in [4.78, 5) is 17.7. The number of halogens is 1. The predicted octanol–water partition coefficient (Wildman–Crippen LogP) is 3.29. The topological polar surface area (TPSA) is 81.0 Å². The summed E-state index contributed by atoms with van der Waals surface area (Å²) in [5.74, 6) is 0.0543. The summed E-state index contributed by atoms with van der Waals surface area (Å²) in [6.07, 6.45) is 3.24. The summed E-state index contributed by atoms with van der Waals surface area (Å²) < 4.78 is 5.03. The fourth-order valence-electron chi connectivity index (χ4n) is 2.19. The normalized spacial score (nSPS) is 11.1. The van der Waals surface area contributed by atoms with Crippen LogP contribution in [0.25, 0.3) is 21.8 Å². The second kappa shape index (κ2) is 4.10. The molecule has 0 saturated carbocycles. The number of pyridine rings is 1. The molecule has 0 fully saturated rings. The van der Waals surface area contributed by atoms with E-state index in [0.717, 1.165) is 5.39 Å². The van der Waals surface area contributed by atoms with Gasteiger partial charge in [-0.05, 0) is 12.1 Å². The number of nitro benzene ring substituents is 1. The average Bonchev–Trinajstić information content (AvgIpc) is 2.75. The molecule has 19 heavy (non-hydrogen) atoms. The largest absolute Gasteiger partial charge is 0.489 e. The first-order chi connectivity index (χ1) is 9.13. The lowest BCUT2D eigenvalue weighted by Crippen LogP contribution is -1.95. The molecule has 6 nitrogen and oxygen atoms in total. The van der Waals surface area contributed by atoms with Crippen LogP contribution in [0.3, 0.4) is 0 Å². The number of benzene rings is 1. The van der Waals surface area contributed by atoms with E-state index in [1.807, 2.05) is 0 Å². The number of aromatic nitrogens is 2. The average molecular weight is 278 g/mol. The molecule has 3 rings (SSSR count). The number of fused-ring (bicyclic) bond motifs is 3. The lowest BCUT2D eigenvalue weighted by atomic mass is 10.1. The zero-order valence-electron chi connectivity index (χ0n) is 9.81. The number of nitrogens with zero attached hydrogens (tertiary/aromatic N) is 2. The number of nitro groups is 1. The summed E-state index contributed by atoms with van der Waals surface area (Å²) >= 11 is 6.05. The van der Waals surface area contributed by atoms with Crippen LogP contribution in [0.2, 0.25) is 5.02 Å². The molecule has 2 heterocycles. The monoisotopic (exact) mass is 277 g/mol. The second-order valence-corrected chi connectivity index (χ2v) is 4.37. The first-order valence-corrected chi connectivity index (χ1v) is 5.77. The van der Waals surface area contributed by atoms with Crippen LogP contribution in [0.1, 0.15) is 0 Å². The quantitative estimate of drug-likeness (QED) is 0.576. The Balaban J connectivity index is 2.56. The molecule has 7 heteroatoms. The molecule has 0 atom stereocenters. The van der Waals surface area contributed by atoms with Crippen molar-refractivity contribution in [2.45, 2.75) is 0 Å². The Morgan fingerprint density at radius 2 is 2.26 bits per heavy atom. The summed E-state index contributed by atoms with van der Waals surface area (Å²) in [6, 6.07) is 3.43. The van der Waals surface area contributed by atoms with Gasteiger partial charge in [0.15, 0.2) is 0 Å². The molecule has 0 aliphatic rings. The van der Waals surface area contributed by atoms with Crippen molar-refractivity contribution in [3.8, 4) is 5.75 Å². The highest BCUT2D eigenvalue weighted by atomic mass is 35.5. The first kappa shape index (κ1) is 11.7. The van der Waals surface area contributed by atoms with E-state index in [2.05, 4.69) is 9.97 Å². The molecule has 0 saturated heterocycles. The third-order valence-corrected chi connectivity index (χ3v) is 3.25. The van der Waals surface area contributed by atoms with Crippen LogP contribution in [0.5, 0.6) is 5.75 Å². The van der Waals surface area contributed by atoms with Crippen molar-refractivity contribution in [2.24, 2.45) is 0 Å². The molecule has 0 radical (unpaired) electrons. The third kappa shape index (κ3) is 1.61. The Morgan fingerprint density at radius 3 is 2.95 bits per heavy atom. The Bertz CT molecular complexity index is 813. The van der Waals surface area contributed by atoms with Gasteiger partial charge in [0.05, 0.1) is 28.8 Å². The minimum atomic E-state index is -0.504. The van der Waals surface area contributed by atoms with Crippen molar-refractivity contribution in [2.75, 3.05) is 7.11 Å². The van der Waals surface area contributed by atoms with Gasteiger partial charge in [0.2, 0.25) is 5.75 Å². The molecular formula is C12H8ClN3O3. The lowest BCUT2D eigenvalue weighted by Gasteiger charge is -2.04. The van der Waals surface area contributed by atoms with E-state index in [-0.39, 0.29) is 16.5 Å². The highest BCUT2D eigenvalue weighted by molar-refractivity contribution is 6.34. The Labute approximate surface area is 112 Å². The van der Waals surface area contributed by atoms with Crippen molar-refractivity contribution in [1.29, 1.82) is 0 Å². The number of nitrogens with one attached hydrogen (secondary N) is 1. The molecule has 1 N–H and O–H groups in total. The standard InChI is InChI=1S/C12H8ClN3O3/c1-19-12-8(13)4-7-6-2-3-14-5-9(6)15-10(7)11(12)16(17)18/h2-5,15H,1H3. The van der Waals surface area contributed by atoms with Crippen molar-refractivity contribution >= 4 is 39.1 Å². The molecule has 0 aliphatic carbocycles. The maximum Gasteiger partial charge on any atom is 0.336 e. The van der Waals surface area contributed by atoms with E-state index in [4.69, 9.17) is 16.3 Å². The van der Waals surface area contributed by atoms with E-state index in [1.54, 1.807) is 24.5 Å². The second-order valence-electron chi connectivity index (χ2n) is 3.97. The molecule has 0 aliphatic heterocycles. The highest BCUT2D eigenvalue weighted by Gasteiger charge is 2.25. The van der Waals surface area contributed by atoms with Gasteiger partial charge in [-0.3, -0.25) is 15.1 Å². The van der Waals surface area contributed by atoms with Gasteiger partial charge in [0, 0.05) is 17.0 Å². The zero-order valence-corrected chi connectivity index (χ0v) is 10.6. The van der Waals surface area contributed by atoms with Gasteiger partial charge in [-0.25, -0.2) is 0 Å². The lowest BCUT2D eigenvalue weighted by molar-refractivity contribution is -0.384. The van der Waals surface area contributed by atoms with E-state index < -0.39 is 4.92 Å². The van der Waals surface area contributed by atoms with E-state index in [1.165, 1.54) is 7.11 Å². The van der Waals surface area contributed by atoms with Crippen LogP contribution in [0.15, 0.2) is 24.5 Å². The Hall–Kier alpha value is -2.34. The van der Waals surface area contributed by atoms with Crippen LogP contribution < -0.4 is 4.74 Å². The van der Waals surface area contributed by atoms with Gasteiger partial charge < -0.3 is 9.72 Å². The van der Waals surface area contributed by atoms with Gasteiger partial charge in [0.1, 0.15) is 5.52 Å². The molecule has 3 aromatic rings. The van der Waals surface area contributed by atoms with Crippen molar-refractivity contribution < 1.29 is 9.66 Å². The van der Waals surface area contributed by atoms with E-state index in [0.29, 0.717) is 16.4 Å². The first-order valence-electron chi connectivity index (χ1n) is 5.39. The minimum Gasteiger partial charge on any atom is -0.489 e. The molecular weight excluding hydrogens is 270 g/mol. The van der Waals surface area contributed by atoms with Crippen LogP contribution in [0, 0.1) is 10.1 Å². The fourth-order valence-corrected chi connectivity index (χ4v) is 2.47. The Morgan fingerprint density at radius 1 is 1.47 bits per heavy atom. The Kier molecular flexibility index (Phi) is 2.53. The van der Waals surface area contributed by atoms with Crippen LogP contribution >= 0.6 is 11.6 Å². The number of methoxy groups -OCH3 is 1. The summed E-state index contributed by atoms with van der Waals surface area (Å²) in [5, 5.41) is 13.0. The zero-order chi connectivity index (χ0) is 13.6. The molecule has 0 spiro atoms. The number of aromatic amines is 1. The van der Waals surface area contributed by atoms with Gasteiger partial charge in [0.25, 0.3) is 0 Å². The summed E-state index contributed by atoms with van der Waals surface area (Å²) in [6.45, 7) is 0. The summed E-state index contributed by atoms with van der Waals surface area (Å²) in [7, 11) is 1.35. The molecule has 1 aromatic carbocycles. The van der Waals surface area contributed by atoms with E-state index >= 15 is 0 Å². The van der Waals surface area contributed by atoms with Gasteiger partial charge in [-0.2, -0.15) is 0 Å². The van der Waals surface area contributed by atoms with Gasteiger partial charge >= 0.3 is 5.69 Å². The number of hydrogen-bond acceptors (Lipinski definition) is 4. The van der Waals surface area contributed by atoms with Crippen molar-refractivity contribution in [3.05, 3.63) is 39.7 Å². The number of ether oxygens (including phenoxy) is 1. The molecule has 2 aromatic heterocycles. The van der Waals surface area contributed by atoms with Gasteiger partial charge in [-0.15, -0.1) is 0 Å². The fraction of sp³-hybridized carbons (Fsp3) is 0.0833. The molecule has 96 valence electrons. The SMILES string of the molecule is COc1c(Cl)cc2c([nH]c3cnccc32)c1[N+](=O)[O-]. The van der Waals surface area contributed by atoms with Crippen LogP contribution in [-0.2, 0) is 0 Å². The third-order valence-electron chi connectivity index (χ3n) is 2.97. The molecule has 0 unspecified atom stereocenters.